The Balaban J connectivity index is 1.29. The van der Waals surface area contributed by atoms with Crippen LogP contribution in [0.25, 0.3) is 11.0 Å². The molecule has 2 aromatic carbocycles. The van der Waals surface area contributed by atoms with E-state index >= 15 is 0 Å². The zero-order valence-electron chi connectivity index (χ0n) is 18.6. The third kappa shape index (κ3) is 5.10. The van der Waals surface area contributed by atoms with Gasteiger partial charge in [-0.05, 0) is 54.7 Å². The van der Waals surface area contributed by atoms with Crippen LogP contribution in [0.15, 0.2) is 42.5 Å². The summed E-state index contributed by atoms with van der Waals surface area (Å²) in [5, 5.41) is 6.03. The van der Waals surface area contributed by atoms with Gasteiger partial charge in [0.1, 0.15) is 11.6 Å². The molecule has 2 heterocycles. The number of aromatic nitrogens is 2. The minimum Gasteiger partial charge on any atom is -0.494 e. The summed E-state index contributed by atoms with van der Waals surface area (Å²) in [4.78, 5) is 32.2. The molecule has 2 atom stereocenters. The van der Waals surface area contributed by atoms with Gasteiger partial charge in [-0.1, -0.05) is 32.4 Å². The second-order valence-electron chi connectivity index (χ2n) is 8.39. The Morgan fingerprint density at radius 2 is 2.06 bits per heavy atom. The minimum absolute atomic E-state index is 0.00694. The molecule has 4 rings (SSSR count). The topological polar surface area (TPSA) is 96.1 Å². The van der Waals surface area contributed by atoms with Gasteiger partial charge in [-0.2, -0.15) is 0 Å². The van der Waals surface area contributed by atoms with Gasteiger partial charge in [0.05, 0.1) is 23.7 Å². The molecule has 0 spiro atoms. The summed E-state index contributed by atoms with van der Waals surface area (Å²) in [6.07, 6.45) is 3.16. The van der Waals surface area contributed by atoms with Gasteiger partial charge in [-0.25, -0.2) is 4.98 Å². The van der Waals surface area contributed by atoms with Crippen molar-refractivity contribution in [2.45, 2.75) is 52.0 Å². The molecule has 168 valence electrons. The summed E-state index contributed by atoms with van der Waals surface area (Å²) in [5.74, 6) is 1.86. The van der Waals surface area contributed by atoms with Crippen molar-refractivity contribution in [2.24, 2.45) is 5.92 Å². The highest BCUT2D eigenvalue weighted by Crippen LogP contribution is 2.27. The maximum Gasteiger partial charge on any atom is 0.224 e. The van der Waals surface area contributed by atoms with Gasteiger partial charge in [0.25, 0.3) is 0 Å². The van der Waals surface area contributed by atoms with Crippen molar-refractivity contribution in [3.63, 3.8) is 0 Å². The average molecular weight is 435 g/mol. The second-order valence-corrected chi connectivity index (χ2v) is 8.39. The molecule has 0 saturated heterocycles. The summed E-state index contributed by atoms with van der Waals surface area (Å²) in [7, 11) is 0. The summed E-state index contributed by atoms with van der Waals surface area (Å²) >= 11 is 0. The number of carbonyl (C=O) groups is 2. The number of amides is 2. The van der Waals surface area contributed by atoms with Crippen LogP contribution in [0.3, 0.4) is 0 Å². The number of carbonyl (C=O) groups excluding carboxylic acids is 2. The number of hydrogen-bond acceptors (Lipinski definition) is 4. The smallest absolute Gasteiger partial charge is 0.224 e. The van der Waals surface area contributed by atoms with Gasteiger partial charge in [-0.3, -0.25) is 9.59 Å². The van der Waals surface area contributed by atoms with Crippen molar-refractivity contribution in [2.75, 3.05) is 11.9 Å². The molecule has 3 N–H and O–H groups in total. The quantitative estimate of drug-likeness (QED) is 0.432. The number of H-pyrrole nitrogens is 1. The molecule has 7 nitrogen and oxygen atoms in total. The predicted octanol–water partition coefficient (Wildman–Crippen LogP) is 4.51. The van der Waals surface area contributed by atoms with Crippen molar-refractivity contribution >= 4 is 28.5 Å². The molecule has 1 aliphatic heterocycles. The third-order valence-corrected chi connectivity index (χ3v) is 6.02. The van der Waals surface area contributed by atoms with Gasteiger partial charge < -0.3 is 20.4 Å². The van der Waals surface area contributed by atoms with Crippen LogP contribution in [0.5, 0.6) is 5.75 Å². The second kappa shape index (κ2) is 9.85. The fourth-order valence-corrected chi connectivity index (χ4v) is 3.95. The van der Waals surface area contributed by atoms with Crippen LogP contribution in [-0.4, -0.2) is 28.4 Å². The van der Waals surface area contributed by atoms with Gasteiger partial charge in [-0.15, -0.1) is 0 Å². The van der Waals surface area contributed by atoms with E-state index in [1.807, 2.05) is 42.5 Å². The summed E-state index contributed by atoms with van der Waals surface area (Å²) in [5.41, 5.74) is 3.82. The molecule has 2 amide bonds. The number of imidazole rings is 1. The Morgan fingerprint density at radius 3 is 2.88 bits per heavy atom. The first kappa shape index (κ1) is 21.9. The van der Waals surface area contributed by atoms with E-state index in [0.29, 0.717) is 25.9 Å². The lowest BCUT2D eigenvalue weighted by Crippen LogP contribution is -2.33. The highest BCUT2D eigenvalue weighted by Gasteiger charge is 2.23. The number of aromatic amines is 1. The number of benzene rings is 2. The number of aryl methyl sites for hydroxylation is 1. The molecule has 0 saturated carbocycles. The number of rotatable bonds is 9. The Hall–Kier alpha value is -3.35. The van der Waals surface area contributed by atoms with Crippen molar-refractivity contribution in [3.8, 4) is 5.75 Å². The molecule has 7 heteroatoms. The lowest BCUT2D eigenvalue weighted by molar-refractivity contribution is -0.122. The van der Waals surface area contributed by atoms with Gasteiger partial charge in [0.15, 0.2) is 0 Å². The molecule has 0 bridgehead atoms. The Kier molecular flexibility index (Phi) is 6.73. The van der Waals surface area contributed by atoms with Crippen LogP contribution in [0.4, 0.5) is 5.69 Å². The highest BCUT2D eigenvalue weighted by molar-refractivity contribution is 5.94. The number of hydrogen-bond donors (Lipinski definition) is 3. The monoisotopic (exact) mass is 434 g/mol. The maximum absolute atomic E-state index is 12.6. The van der Waals surface area contributed by atoms with Crippen molar-refractivity contribution < 1.29 is 14.3 Å². The van der Waals surface area contributed by atoms with Crippen LogP contribution >= 0.6 is 0 Å². The molecule has 0 aliphatic carbocycles. The van der Waals surface area contributed by atoms with Crippen LogP contribution < -0.4 is 15.4 Å². The molecule has 2 unspecified atom stereocenters. The Bertz CT molecular complexity index is 1070. The predicted molar refractivity (Wildman–Crippen MR) is 125 cm³/mol. The molecular formula is C25H30N4O3. The fraction of sp³-hybridized carbons (Fsp3) is 0.400. The molecule has 1 aromatic heterocycles. The van der Waals surface area contributed by atoms with Crippen LogP contribution in [0.2, 0.25) is 0 Å². The van der Waals surface area contributed by atoms with E-state index in [0.717, 1.165) is 46.7 Å². The van der Waals surface area contributed by atoms with E-state index in [-0.39, 0.29) is 23.8 Å². The van der Waals surface area contributed by atoms with Crippen molar-refractivity contribution in [1.82, 2.24) is 15.3 Å². The number of ether oxygens (including phenoxy) is 1. The lowest BCUT2D eigenvalue weighted by atomic mass is 9.98. The van der Waals surface area contributed by atoms with Crippen molar-refractivity contribution in [1.29, 1.82) is 0 Å². The van der Waals surface area contributed by atoms with Crippen LogP contribution in [0.1, 0.15) is 57.0 Å². The number of fused-ring (bicyclic) bond motifs is 2. The first-order valence-corrected chi connectivity index (χ1v) is 11.3. The Morgan fingerprint density at radius 1 is 1.22 bits per heavy atom. The standard InChI is InChI=1S/C25H30N4O3/c1-3-16(2)24(25-27-20-7-4-5-8-21(20)28-25)29-22(30)9-6-14-32-18-11-12-19-17(15-18)10-13-23(31)26-19/h4-5,7-8,11-12,15-16,24H,3,6,9-10,13-14H2,1-2H3,(H,26,31)(H,27,28)(H,29,30). The van der Waals surface area contributed by atoms with E-state index in [9.17, 15) is 9.59 Å². The molecule has 3 aromatic rings. The van der Waals surface area contributed by atoms with Crippen molar-refractivity contribution in [3.05, 3.63) is 53.9 Å². The van der Waals surface area contributed by atoms with Crippen LogP contribution in [-0.2, 0) is 16.0 Å². The molecule has 0 fully saturated rings. The zero-order chi connectivity index (χ0) is 22.5. The molecule has 1 aliphatic rings. The summed E-state index contributed by atoms with van der Waals surface area (Å²) < 4.78 is 5.84. The van der Waals surface area contributed by atoms with E-state index in [1.54, 1.807) is 0 Å². The number of nitrogens with one attached hydrogen (secondary N) is 3. The number of nitrogens with zero attached hydrogens (tertiary/aromatic N) is 1. The highest BCUT2D eigenvalue weighted by atomic mass is 16.5. The zero-order valence-corrected chi connectivity index (χ0v) is 18.6. The first-order chi connectivity index (χ1) is 15.5. The van der Waals surface area contributed by atoms with Gasteiger partial charge in [0.2, 0.25) is 11.8 Å². The van der Waals surface area contributed by atoms with E-state index in [1.165, 1.54) is 0 Å². The van der Waals surface area contributed by atoms with Crippen LogP contribution in [0, 0.1) is 5.92 Å². The van der Waals surface area contributed by atoms with Gasteiger partial charge in [0, 0.05) is 18.5 Å². The summed E-state index contributed by atoms with van der Waals surface area (Å²) in [6, 6.07) is 13.4. The fourth-order valence-electron chi connectivity index (χ4n) is 3.95. The number of anilines is 1. The normalized spacial score (nSPS) is 15.0. The SMILES string of the molecule is CCC(C)C(NC(=O)CCCOc1ccc2c(c1)CCC(=O)N2)c1nc2ccccc2[nH]1. The van der Waals surface area contributed by atoms with E-state index in [4.69, 9.17) is 4.74 Å². The van der Waals surface area contributed by atoms with Gasteiger partial charge >= 0.3 is 0 Å². The van der Waals surface area contributed by atoms with E-state index < -0.39 is 0 Å². The maximum atomic E-state index is 12.6. The third-order valence-electron chi connectivity index (χ3n) is 6.02. The number of para-hydroxylation sites is 2. The Labute approximate surface area is 188 Å². The van der Waals surface area contributed by atoms with E-state index in [2.05, 4.69) is 34.4 Å². The average Bonchev–Trinajstić information content (AvgIpc) is 3.23. The largest absolute Gasteiger partial charge is 0.494 e. The molecular weight excluding hydrogens is 404 g/mol. The molecule has 0 radical (unpaired) electrons. The molecule has 32 heavy (non-hydrogen) atoms. The summed E-state index contributed by atoms with van der Waals surface area (Å²) in [6.45, 7) is 4.70. The first-order valence-electron chi connectivity index (χ1n) is 11.3. The minimum atomic E-state index is -0.156. The lowest BCUT2D eigenvalue weighted by Gasteiger charge is -2.22.